The van der Waals surface area contributed by atoms with E-state index in [4.69, 9.17) is 9.84 Å². The predicted octanol–water partition coefficient (Wildman–Crippen LogP) is -0.00120. The summed E-state index contributed by atoms with van der Waals surface area (Å²) in [6.07, 6.45) is 6.96. The molecule has 9 nitrogen and oxygen atoms in total. The molecule has 3 aliphatic rings. The Bertz CT molecular complexity index is 709. The average Bonchev–Trinajstić information content (AvgIpc) is 3.12. The number of carbonyl (C=O) groups is 3. The van der Waals surface area contributed by atoms with Gasteiger partial charge in [0.05, 0.1) is 25.0 Å². The van der Waals surface area contributed by atoms with Crippen molar-refractivity contribution in [1.29, 1.82) is 0 Å². The lowest BCUT2D eigenvalue weighted by Gasteiger charge is -2.34. The highest BCUT2D eigenvalue weighted by Gasteiger charge is 2.56. The molecule has 5 atom stereocenters. The van der Waals surface area contributed by atoms with Crippen LogP contribution in [0.3, 0.4) is 0 Å². The van der Waals surface area contributed by atoms with E-state index in [1.165, 1.54) is 0 Å². The number of carbonyl (C=O) groups excluding carboxylic acids is 3. The molecule has 2 aliphatic heterocycles. The Labute approximate surface area is 196 Å². The van der Waals surface area contributed by atoms with Crippen LogP contribution in [0.2, 0.25) is 0 Å². The van der Waals surface area contributed by atoms with Crippen LogP contribution in [0, 0.1) is 23.7 Å². The number of fused-ring (bicyclic) bond motifs is 1. The maximum Gasteiger partial charge on any atom is 0.243 e. The molecule has 0 saturated carbocycles. The number of unbranched alkanes of at least 4 members (excludes halogenated alkanes) is 2. The van der Waals surface area contributed by atoms with Crippen molar-refractivity contribution < 1.29 is 24.2 Å². The van der Waals surface area contributed by atoms with E-state index in [2.05, 4.69) is 15.5 Å². The lowest BCUT2D eigenvalue weighted by Crippen LogP contribution is -2.49. The van der Waals surface area contributed by atoms with Gasteiger partial charge in [0, 0.05) is 52.3 Å². The number of allylic oxidation sites excluding steroid dienone is 1. The van der Waals surface area contributed by atoms with Crippen molar-refractivity contribution in [1.82, 2.24) is 20.4 Å². The van der Waals surface area contributed by atoms with Crippen molar-refractivity contribution in [3.8, 4) is 0 Å². The first kappa shape index (κ1) is 25.6. The fourth-order valence-electron chi connectivity index (χ4n) is 5.49. The Balaban J connectivity index is 1.75. The van der Waals surface area contributed by atoms with Gasteiger partial charge in [0.25, 0.3) is 0 Å². The van der Waals surface area contributed by atoms with Gasteiger partial charge in [-0.1, -0.05) is 19.1 Å². The third-order valence-corrected chi connectivity index (χ3v) is 7.29. The van der Waals surface area contributed by atoms with Crippen LogP contribution in [0.15, 0.2) is 12.2 Å². The van der Waals surface area contributed by atoms with Crippen molar-refractivity contribution >= 4 is 17.7 Å². The van der Waals surface area contributed by atoms with Gasteiger partial charge in [0.2, 0.25) is 17.7 Å². The van der Waals surface area contributed by atoms with Crippen molar-refractivity contribution in [2.24, 2.45) is 23.7 Å². The van der Waals surface area contributed by atoms with Gasteiger partial charge in [0.1, 0.15) is 6.04 Å². The van der Waals surface area contributed by atoms with Gasteiger partial charge in [-0.05, 0) is 31.6 Å². The number of likely N-dealkylation sites (tertiary alicyclic amines) is 1. The van der Waals surface area contributed by atoms with E-state index in [0.717, 1.165) is 38.9 Å². The molecule has 2 heterocycles. The second kappa shape index (κ2) is 12.5. The molecule has 0 aromatic carbocycles. The smallest absolute Gasteiger partial charge is 0.243 e. The van der Waals surface area contributed by atoms with Crippen LogP contribution in [0.1, 0.15) is 32.6 Å². The predicted molar refractivity (Wildman–Crippen MR) is 124 cm³/mol. The van der Waals surface area contributed by atoms with Gasteiger partial charge in [0.15, 0.2) is 0 Å². The maximum absolute atomic E-state index is 13.6. The Kier molecular flexibility index (Phi) is 9.70. The number of aliphatic hydroxyl groups excluding tert-OH is 1. The monoisotopic (exact) mass is 464 g/mol. The van der Waals surface area contributed by atoms with Gasteiger partial charge in [-0.15, -0.1) is 0 Å². The molecule has 2 saturated heterocycles. The number of hydrogen-bond acceptors (Lipinski definition) is 6. The molecule has 2 fully saturated rings. The highest BCUT2D eigenvalue weighted by molar-refractivity contribution is 5.96. The molecule has 3 rings (SSSR count). The molecule has 1 aliphatic carbocycles. The first-order valence-electron chi connectivity index (χ1n) is 12.4. The lowest BCUT2D eigenvalue weighted by molar-refractivity contribution is -0.140. The Morgan fingerprint density at radius 3 is 2.55 bits per heavy atom. The minimum atomic E-state index is -0.609. The third kappa shape index (κ3) is 5.94. The zero-order valence-electron chi connectivity index (χ0n) is 20.0. The molecule has 0 aromatic rings. The van der Waals surface area contributed by atoms with Crippen LogP contribution in [-0.2, 0) is 19.1 Å². The Morgan fingerprint density at radius 1 is 1.12 bits per heavy atom. The molecule has 3 amide bonds. The van der Waals surface area contributed by atoms with E-state index in [0.29, 0.717) is 32.7 Å². The molecule has 0 aromatic heterocycles. The zero-order chi connectivity index (χ0) is 23.8. The van der Waals surface area contributed by atoms with E-state index in [1.807, 2.05) is 19.1 Å². The highest BCUT2D eigenvalue weighted by atomic mass is 16.5. The summed E-state index contributed by atoms with van der Waals surface area (Å²) < 4.78 is 5.38. The number of amides is 3. The first-order chi connectivity index (χ1) is 16.0. The highest BCUT2D eigenvalue weighted by Crippen LogP contribution is 2.44. The fraction of sp³-hybridized carbons (Fsp3) is 0.792. The Morgan fingerprint density at radius 2 is 1.88 bits per heavy atom. The van der Waals surface area contributed by atoms with Crippen LogP contribution in [0.4, 0.5) is 0 Å². The first-order valence-corrected chi connectivity index (χ1v) is 12.4. The fourth-order valence-corrected chi connectivity index (χ4v) is 5.49. The number of morpholine rings is 1. The number of ether oxygens (including phenoxy) is 1. The minimum Gasteiger partial charge on any atom is -0.396 e. The van der Waals surface area contributed by atoms with Gasteiger partial charge >= 0.3 is 0 Å². The third-order valence-electron chi connectivity index (χ3n) is 7.29. The summed E-state index contributed by atoms with van der Waals surface area (Å²) in [7, 11) is 1.60. The van der Waals surface area contributed by atoms with Crippen molar-refractivity contribution in [3.05, 3.63) is 12.2 Å². The average molecular weight is 465 g/mol. The number of nitrogens with one attached hydrogen (secondary N) is 2. The summed E-state index contributed by atoms with van der Waals surface area (Å²) in [5, 5.41) is 14.9. The summed E-state index contributed by atoms with van der Waals surface area (Å²) in [5.41, 5.74) is 0. The molecule has 33 heavy (non-hydrogen) atoms. The van der Waals surface area contributed by atoms with E-state index < -0.39 is 17.9 Å². The molecule has 0 spiro atoms. The maximum atomic E-state index is 13.6. The molecule has 9 heteroatoms. The van der Waals surface area contributed by atoms with Gasteiger partial charge in [-0.25, -0.2) is 0 Å². The zero-order valence-corrected chi connectivity index (χ0v) is 20.0. The number of aliphatic hydroxyl groups is 1. The van der Waals surface area contributed by atoms with E-state index >= 15 is 0 Å². The SMILES string of the molecule is CC[C@@H]1C=C[C@H]2[C@@H](C(=O)N(CCCCCO)[C@@H]2C(=O)NCCN2CCOCC2)[C@@H]1C(=O)NC. The summed E-state index contributed by atoms with van der Waals surface area (Å²) in [6.45, 7) is 6.98. The minimum absolute atomic E-state index is 0.0190. The quantitative estimate of drug-likeness (QED) is 0.293. The summed E-state index contributed by atoms with van der Waals surface area (Å²) in [6, 6.07) is -0.609. The van der Waals surface area contributed by atoms with Gasteiger partial charge in [-0.3, -0.25) is 19.3 Å². The topological polar surface area (TPSA) is 111 Å². The van der Waals surface area contributed by atoms with Crippen LogP contribution < -0.4 is 10.6 Å². The largest absolute Gasteiger partial charge is 0.396 e. The summed E-state index contributed by atoms with van der Waals surface area (Å²) >= 11 is 0. The summed E-state index contributed by atoms with van der Waals surface area (Å²) in [5.74, 6) is -1.71. The van der Waals surface area contributed by atoms with Gasteiger partial charge in [-0.2, -0.15) is 0 Å². The van der Waals surface area contributed by atoms with Crippen LogP contribution in [0.25, 0.3) is 0 Å². The molecule has 186 valence electrons. The lowest BCUT2D eigenvalue weighted by atomic mass is 9.69. The van der Waals surface area contributed by atoms with E-state index in [9.17, 15) is 14.4 Å². The second-order valence-electron chi connectivity index (χ2n) is 9.21. The number of nitrogens with zero attached hydrogens (tertiary/aromatic N) is 2. The normalized spacial score (nSPS) is 29.7. The van der Waals surface area contributed by atoms with Crippen LogP contribution in [0.5, 0.6) is 0 Å². The van der Waals surface area contributed by atoms with E-state index in [-0.39, 0.29) is 36.2 Å². The molecule has 0 radical (unpaired) electrons. The van der Waals surface area contributed by atoms with Crippen LogP contribution >= 0.6 is 0 Å². The standard InChI is InChI=1S/C24H40N4O5/c1-3-17-7-8-18-20(19(17)22(30)25-2)24(32)28(10-5-4-6-14-29)21(18)23(31)26-9-11-27-12-15-33-16-13-27/h7-8,17-21,29H,3-6,9-16H2,1-2H3,(H,25,30)(H,26,31)/t17-,18+,19-,20-,21+/m1/s1. The van der Waals surface area contributed by atoms with Gasteiger partial charge < -0.3 is 25.4 Å². The molecule has 3 N–H and O–H groups in total. The molecule has 0 unspecified atom stereocenters. The molecule has 0 bridgehead atoms. The molecular weight excluding hydrogens is 424 g/mol. The van der Waals surface area contributed by atoms with Crippen molar-refractivity contribution in [3.63, 3.8) is 0 Å². The number of rotatable bonds is 11. The van der Waals surface area contributed by atoms with Crippen molar-refractivity contribution in [2.75, 3.05) is 59.6 Å². The van der Waals surface area contributed by atoms with Crippen LogP contribution in [-0.4, -0.2) is 98.3 Å². The molecular formula is C24H40N4O5. The number of hydrogen-bond donors (Lipinski definition) is 3. The summed E-state index contributed by atoms with van der Waals surface area (Å²) in [4.78, 5) is 43.7. The second-order valence-corrected chi connectivity index (χ2v) is 9.21. The van der Waals surface area contributed by atoms with E-state index in [1.54, 1.807) is 11.9 Å². The Hall–Kier alpha value is -1.97. The van der Waals surface area contributed by atoms with Crippen molar-refractivity contribution in [2.45, 2.75) is 38.6 Å².